The minimum Gasteiger partial charge on any atom is -0.265 e. The van der Waals surface area contributed by atoms with Crippen molar-refractivity contribution in [3.05, 3.63) is 59.3 Å². The van der Waals surface area contributed by atoms with Crippen LogP contribution in [0.15, 0.2) is 59.3 Å². The van der Waals surface area contributed by atoms with Crippen LogP contribution in [0.4, 0.5) is 0 Å². The number of rotatable bonds is 1. The lowest BCUT2D eigenvalue weighted by molar-refractivity contribution is 1.31. The molecule has 0 N–H and O–H groups in total. The van der Waals surface area contributed by atoms with Crippen molar-refractivity contribution in [3.63, 3.8) is 0 Å². The number of halogens is 1. The zero-order chi connectivity index (χ0) is 11.7. The van der Waals surface area contributed by atoms with E-state index in [-0.39, 0.29) is 0 Å². The van der Waals surface area contributed by atoms with Crippen molar-refractivity contribution < 1.29 is 0 Å². The number of benzene rings is 1. The quantitative estimate of drug-likeness (QED) is 0.673. The van der Waals surface area contributed by atoms with Gasteiger partial charge in [-0.05, 0) is 40.2 Å². The summed E-state index contributed by atoms with van der Waals surface area (Å²) in [6, 6.07) is 14.1. The summed E-state index contributed by atoms with van der Waals surface area (Å²) >= 11 is 3.53. The van der Waals surface area contributed by atoms with Crippen LogP contribution in [0, 0.1) is 0 Å². The molecule has 3 heteroatoms. The number of fused-ring (bicyclic) bond motifs is 1. The molecule has 3 rings (SSSR count). The number of hydrogen-bond donors (Lipinski definition) is 0. The fourth-order valence-electron chi connectivity index (χ4n) is 1.79. The van der Waals surface area contributed by atoms with E-state index in [1.165, 1.54) is 0 Å². The van der Waals surface area contributed by atoms with Gasteiger partial charge in [0.2, 0.25) is 0 Å². The summed E-state index contributed by atoms with van der Waals surface area (Å²) in [7, 11) is 0. The molecule has 0 fully saturated rings. The minimum absolute atomic E-state index is 0.965. The summed E-state index contributed by atoms with van der Waals surface area (Å²) in [4.78, 5) is 8.68. The molecule has 2 heterocycles. The Bertz CT molecular complexity index is 665. The monoisotopic (exact) mass is 284 g/mol. The lowest BCUT2D eigenvalue weighted by atomic mass is 10.1. The second-order valence-corrected chi connectivity index (χ2v) is 4.60. The molecular formula is C14H9BrN2. The van der Waals surface area contributed by atoms with Gasteiger partial charge in [0.25, 0.3) is 0 Å². The van der Waals surface area contributed by atoms with E-state index in [2.05, 4.69) is 38.0 Å². The molecule has 82 valence electrons. The van der Waals surface area contributed by atoms with Crippen LogP contribution in [0.1, 0.15) is 0 Å². The van der Waals surface area contributed by atoms with Crippen molar-refractivity contribution in [1.29, 1.82) is 0 Å². The molecule has 0 bridgehead atoms. The Morgan fingerprint density at radius 1 is 0.882 bits per heavy atom. The van der Waals surface area contributed by atoms with Crippen LogP contribution in [-0.2, 0) is 0 Å². The molecule has 0 unspecified atom stereocenters. The van der Waals surface area contributed by atoms with E-state index in [4.69, 9.17) is 0 Å². The topological polar surface area (TPSA) is 25.8 Å². The summed E-state index contributed by atoms with van der Waals surface area (Å²) in [5.41, 5.74) is 3.03. The molecule has 0 saturated heterocycles. The third-order valence-electron chi connectivity index (χ3n) is 2.65. The second kappa shape index (κ2) is 4.26. The van der Waals surface area contributed by atoms with Gasteiger partial charge < -0.3 is 0 Å². The maximum absolute atomic E-state index is 4.67. The van der Waals surface area contributed by atoms with Crippen molar-refractivity contribution in [2.24, 2.45) is 0 Å². The van der Waals surface area contributed by atoms with Crippen LogP contribution < -0.4 is 0 Å². The zero-order valence-electron chi connectivity index (χ0n) is 8.97. The molecule has 0 saturated carbocycles. The first-order chi connectivity index (χ1) is 8.34. The largest absolute Gasteiger partial charge is 0.265 e. The van der Waals surface area contributed by atoms with Crippen molar-refractivity contribution in [2.45, 2.75) is 0 Å². The van der Waals surface area contributed by atoms with Gasteiger partial charge in [-0.15, -0.1) is 0 Å². The highest BCUT2D eigenvalue weighted by molar-refractivity contribution is 9.10. The molecule has 0 aliphatic rings. The van der Waals surface area contributed by atoms with Gasteiger partial charge in [0.1, 0.15) is 0 Å². The highest BCUT2D eigenvalue weighted by Crippen LogP contribution is 2.25. The maximum Gasteiger partial charge on any atom is 0.0851 e. The van der Waals surface area contributed by atoms with Gasteiger partial charge in [0, 0.05) is 27.8 Å². The lowest BCUT2D eigenvalue weighted by Crippen LogP contribution is -1.86. The number of hydrogen-bond acceptors (Lipinski definition) is 2. The number of nitrogens with zero attached hydrogens (tertiary/aromatic N) is 2. The summed E-state index contributed by atoms with van der Waals surface area (Å²) < 4.78 is 1.02. The molecule has 0 aliphatic heterocycles. The van der Waals surface area contributed by atoms with Gasteiger partial charge in [-0.3, -0.25) is 4.98 Å². The Balaban J connectivity index is 2.23. The first kappa shape index (κ1) is 10.4. The molecule has 0 atom stereocenters. The molecule has 3 aromatic rings. The van der Waals surface area contributed by atoms with Crippen LogP contribution >= 0.6 is 15.9 Å². The van der Waals surface area contributed by atoms with Crippen LogP contribution in [-0.4, -0.2) is 9.97 Å². The molecule has 0 spiro atoms. The Kier molecular flexibility index (Phi) is 2.61. The first-order valence-corrected chi connectivity index (χ1v) is 6.09. The van der Waals surface area contributed by atoms with Gasteiger partial charge in [0.15, 0.2) is 0 Å². The fourth-order valence-corrected chi connectivity index (χ4v) is 2.26. The van der Waals surface area contributed by atoms with Gasteiger partial charge in [-0.25, -0.2) is 4.98 Å². The third kappa shape index (κ3) is 1.94. The average molecular weight is 285 g/mol. The van der Waals surface area contributed by atoms with Crippen molar-refractivity contribution in [1.82, 2.24) is 9.97 Å². The maximum atomic E-state index is 4.67. The molecule has 1 aromatic carbocycles. The first-order valence-electron chi connectivity index (χ1n) is 5.30. The molecule has 2 nitrogen and oxygen atoms in total. The summed E-state index contributed by atoms with van der Waals surface area (Å²) in [5.74, 6) is 0. The Hall–Kier alpha value is -1.74. The minimum atomic E-state index is 0.965. The van der Waals surface area contributed by atoms with Crippen molar-refractivity contribution in [3.8, 4) is 11.3 Å². The normalized spacial score (nSPS) is 10.6. The van der Waals surface area contributed by atoms with E-state index in [0.717, 1.165) is 26.6 Å². The Morgan fingerprint density at radius 3 is 2.53 bits per heavy atom. The highest BCUT2D eigenvalue weighted by atomic mass is 79.9. The molecular weight excluding hydrogens is 276 g/mol. The average Bonchev–Trinajstić information content (AvgIpc) is 2.40. The predicted octanol–water partition coefficient (Wildman–Crippen LogP) is 4.06. The van der Waals surface area contributed by atoms with E-state index >= 15 is 0 Å². The highest BCUT2D eigenvalue weighted by Gasteiger charge is 2.03. The van der Waals surface area contributed by atoms with E-state index in [1.54, 1.807) is 12.4 Å². The van der Waals surface area contributed by atoms with E-state index in [9.17, 15) is 0 Å². The van der Waals surface area contributed by atoms with Crippen LogP contribution in [0.25, 0.3) is 22.2 Å². The SMILES string of the molecule is Brc1cccc2ccc(-c3ccncc3)nc12. The third-order valence-corrected chi connectivity index (χ3v) is 3.29. The van der Waals surface area contributed by atoms with Crippen molar-refractivity contribution >= 4 is 26.8 Å². The predicted molar refractivity (Wildman–Crippen MR) is 72.7 cm³/mol. The van der Waals surface area contributed by atoms with Crippen molar-refractivity contribution in [2.75, 3.05) is 0 Å². The van der Waals surface area contributed by atoms with Crippen LogP contribution in [0.2, 0.25) is 0 Å². The van der Waals surface area contributed by atoms with Crippen LogP contribution in [0.3, 0.4) is 0 Å². The fraction of sp³-hybridized carbons (Fsp3) is 0. The molecule has 0 radical (unpaired) electrons. The molecule has 0 amide bonds. The Morgan fingerprint density at radius 2 is 1.71 bits per heavy atom. The number of pyridine rings is 2. The van der Waals surface area contributed by atoms with Gasteiger partial charge in [0.05, 0.1) is 11.2 Å². The molecule has 17 heavy (non-hydrogen) atoms. The lowest BCUT2D eigenvalue weighted by Gasteiger charge is -2.04. The number of para-hydroxylation sites is 1. The van der Waals surface area contributed by atoms with Gasteiger partial charge >= 0.3 is 0 Å². The smallest absolute Gasteiger partial charge is 0.0851 e. The summed E-state index contributed by atoms with van der Waals surface area (Å²) in [5, 5.41) is 1.14. The van der Waals surface area contributed by atoms with Gasteiger partial charge in [-0.1, -0.05) is 18.2 Å². The molecule has 2 aromatic heterocycles. The van der Waals surface area contributed by atoms with E-state index in [0.29, 0.717) is 0 Å². The van der Waals surface area contributed by atoms with Gasteiger partial charge in [-0.2, -0.15) is 0 Å². The second-order valence-electron chi connectivity index (χ2n) is 3.74. The Labute approximate surface area is 107 Å². The summed E-state index contributed by atoms with van der Waals surface area (Å²) in [6.07, 6.45) is 3.56. The van der Waals surface area contributed by atoms with E-state index in [1.807, 2.05) is 30.3 Å². The number of aromatic nitrogens is 2. The standard InChI is InChI=1S/C14H9BrN2/c15-12-3-1-2-11-4-5-13(17-14(11)12)10-6-8-16-9-7-10/h1-9H. The van der Waals surface area contributed by atoms with Crippen LogP contribution in [0.5, 0.6) is 0 Å². The zero-order valence-corrected chi connectivity index (χ0v) is 10.6. The van der Waals surface area contributed by atoms with E-state index < -0.39 is 0 Å². The summed E-state index contributed by atoms with van der Waals surface area (Å²) in [6.45, 7) is 0. The molecule has 0 aliphatic carbocycles.